The molecule has 1 rings (SSSR count). The van der Waals surface area contributed by atoms with Crippen LogP contribution in [0.25, 0.3) is 0 Å². The maximum Gasteiger partial charge on any atom is 0.389 e. The average Bonchev–Trinajstić information content (AvgIpc) is 2.21. The summed E-state index contributed by atoms with van der Waals surface area (Å²) in [5.74, 6) is 0. The summed E-state index contributed by atoms with van der Waals surface area (Å²) in [5, 5.41) is 3.40. The largest absolute Gasteiger partial charge is 0.398 e. The van der Waals surface area contributed by atoms with Crippen LogP contribution in [0.3, 0.4) is 0 Å². The highest BCUT2D eigenvalue weighted by Gasteiger charge is 2.25. The van der Waals surface area contributed by atoms with Crippen LogP contribution in [0.1, 0.15) is 18.4 Å². The molecule has 0 aromatic heterocycles. The van der Waals surface area contributed by atoms with Crippen molar-refractivity contribution in [2.75, 3.05) is 12.3 Å². The Kier molecular flexibility index (Phi) is 5.08. The first kappa shape index (κ1) is 14.1. The molecule has 0 aliphatic heterocycles. The third-order valence-corrected chi connectivity index (χ3v) is 2.55. The minimum absolute atomic E-state index is 0.0760. The van der Waals surface area contributed by atoms with Crippen LogP contribution in [0.5, 0.6) is 0 Å². The van der Waals surface area contributed by atoms with Crippen LogP contribution in [0.4, 0.5) is 18.9 Å². The zero-order valence-electron chi connectivity index (χ0n) is 9.15. The maximum atomic E-state index is 11.8. The van der Waals surface area contributed by atoms with Gasteiger partial charge in [0.2, 0.25) is 0 Å². The summed E-state index contributed by atoms with van der Waals surface area (Å²) in [7, 11) is 0. The van der Waals surface area contributed by atoms with E-state index in [1.807, 2.05) is 0 Å². The molecule has 0 atom stereocenters. The van der Waals surface area contributed by atoms with Gasteiger partial charge in [0.1, 0.15) is 0 Å². The molecule has 96 valence electrons. The molecule has 0 saturated heterocycles. The fourth-order valence-electron chi connectivity index (χ4n) is 1.35. The molecule has 0 aliphatic carbocycles. The van der Waals surface area contributed by atoms with E-state index in [1.165, 1.54) is 0 Å². The molecule has 0 fully saturated rings. The van der Waals surface area contributed by atoms with Gasteiger partial charge in [-0.3, -0.25) is 0 Å². The Morgan fingerprint density at radius 2 is 2.00 bits per heavy atom. The lowest BCUT2D eigenvalue weighted by Crippen LogP contribution is -2.17. The molecular weight excluding hydrogens is 253 g/mol. The van der Waals surface area contributed by atoms with Gasteiger partial charge in [-0.1, -0.05) is 17.7 Å². The molecule has 0 spiro atoms. The minimum atomic E-state index is -4.08. The number of halogens is 4. The lowest BCUT2D eigenvalue weighted by molar-refractivity contribution is -0.135. The van der Waals surface area contributed by atoms with Gasteiger partial charge in [-0.05, 0) is 30.7 Å². The van der Waals surface area contributed by atoms with E-state index in [4.69, 9.17) is 17.3 Å². The lowest BCUT2D eigenvalue weighted by Gasteiger charge is -2.08. The van der Waals surface area contributed by atoms with Crippen molar-refractivity contribution in [1.29, 1.82) is 0 Å². The van der Waals surface area contributed by atoms with E-state index in [0.29, 0.717) is 23.8 Å². The van der Waals surface area contributed by atoms with Crippen molar-refractivity contribution in [3.8, 4) is 0 Å². The van der Waals surface area contributed by atoms with Gasteiger partial charge in [-0.25, -0.2) is 0 Å². The van der Waals surface area contributed by atoms with Gasteiger partial charge in [0.25, 0.3) is 0 Å². The number of hydrogen-bond donors (Lipinski definition) is 2. The molecule has 0 amide bonds. The lowest BCUT2D eigenvalue weighted by atomic mass is 10.2. The van der Waals surface area contributed by atoms with Gasteiger partial charge in [-0.2, -0.15) is 13.2 Å². The smallest absolute Gasteiger partial charge is 0.389 e. The Bertz CT molecular complexity index is 366. The van der Waals surface area contributed by atoms with Crippen LogP contribution in [0.15, 0.2) is 18.2 Å². The number of anilines is 1. The van der Waals surface area contributed by atoms with Gasteiger partial charge < -0.3 is 11.1 Å². The highest BCUT2D eigenvalue weighted by Crippen LogP contribution is 2.21. The van der Waals surface area contributed by atoms with Crippen molar-refractivity contribution >= 4 is 17.3 Å². The Morgan fingerprint density at radius 1 is 1.29 bits per heavy atom. The molecule has 3 N–H and O–H groups in total. The van der Waals surface area contributed by atoms with Crippen LogP contribution in [-0.2, 0) is 6.54 Å². The standard InChI is InChI=1S/C11H14ClF3N2/c12-9-3-2-8(6-10(9)16)7-17-5-1-4-11(13,14)15/h2-3,6,17H,1,4-5,7,16H2. The van der Waals surface area contributed by atoms with E-state index in [9.17, 15) is 13.2 Å². The van der Waals surface area contributed by atoms with Crippen LogP contribution in [0, 0.1) is 0 Å². The Balaban J connectivity index is 2.25. The molecule has 0 saturated carbocycles. The molecule has 6 heteroatoms. The van der Waals surface area contributed by atoms with Crippen molar-refractivity contribution in [2.45, 2.75) is 25.6 Å². The molecule has 0 radical (unpaired) electrons. The number of nitrogens with one attached hydrogen (secondary N) is 1. The molecule has 1 aromatic carbocycles. The third-order valence-electron chi connectivity index (χ3n) is 2.20. The normalized spacial score (nSPS) is 11.8. The Morgan fingerprint density at radius 3 is 2.59 bits per heavy atom. The fraction of sp³-hybridized carbons (Fsp3) is 0.455. The van der Waals surface area contributed by atoms with E-state index >= 15 is 0 Å². The molecule has 2 nitrogen and oxygen atoms in total. The molecule has 17 heavy (non-hydrogen) atoms. The van der Waals surface area contributed by atoms with Gasteiger partial charge in [0.05, 0.1) is 10.7 Å². The van der Waals surface area contributed by atoms with E-state index in [2.05, 4.69) is 5.32 Å². The van der Waals surface area contributed by atoms with Crippen molar-refractivity contribution in [1.82, 2.24) is 5.32 Å². The predicted molar refractivity (Wildman–Crippen MR) is 62.9 cm³/mol. The van der Waals surface area contributed by atoms with E-state index in [1.54, 1.807) is 18.2 Å². The first-order valence-electron chi connectivity index (χ1n) is 5.20. The highest BCUT2D eigenvalue weighted by atomic mass is 35.5. The van der Waals surface area contributed by atoms with Crippen molar-refractivity contribution in [3.05, 3.63) is 28.8 Å². The maximum absolute atomic E-state index is 11.8. The number of hydrogen-bond acceptors (Lipinski definition) is 2. The van der Waals surface area contributed by atoms with Crippen molar-refractivity contribution in [2.24, 2.45) is 0 Å². The monoisotopic (exact) mass is 266 g/mol. The summed E-state index contributed by atoms with van der Waals surface area (Å²) in [4.78, 5) is 0. The zero-order valence-corrected chi connectivity index (χ0v) is 9.91. The van der Waals surface area contributed by atoms with E-state index in [0.717, 1.165) is 5.56 Å². The molecule has 0 bridgehead atoms. The summed E-state index contributed by atoms with van der Waals surface area (Å²) in [5.41, 5.74) is 6.97. The minimum Gasteiger partial charge on any atom is -0.398 e. The number of alkyl halides is 3. The van der Waals surface area contributed by atoms with Gasteiger partial charge in [-0.15, -0.1) is 0 Å². The summed E-state index contributed by atoms with van der Waals surface area (Å²) in [6, 6.07) is 5.16. The van der Waals surface area contributed by atoms with Gasteiger partial charge >= 0.3 is 6.18 Å². The summed E-state index contributed by atoms with van der Waals surface area (Å²) in [6.07, 6.45) is -4.76. The zero-order chi connectivity index (χ0) is 12.9. The van der Waals surface area contributed by atoms with Gasteiger partial charge in [0.15, 0.2) is 0 Å². The number of nitrogens with two attached hydrogens (primary N) is 1. The topological polar surface area (TPSA) is 38.0 Å². The highest BCUT2D eigenvalue weighted by molar-refractivity contribution is 6.33. The van der Waals surface area contributed by atoms with Crippen LogP contribution in [0.2, 0.25) is 5.02 Å². The van der Waals surface area contributed by atoms with E-state index < -0.39 is 12.6 Å². The number of nitrogen functional groups attached to an aromatic ring is 1. The first-order valence-corrected chi connectivity index (χ1v) is 5.57. The average molecular weight is 267 g/mol. The molecule has 0 unspecified atom stereocenters. The summed E-state index contributed by atoms with van der Waals surface area (Å²) < 4.78 is 35.5. The Hall–Kier alpha value is -0.940. The summed E-state index contributed by atoms with van der Waals surface area (Å²) >= 11 is 5.74. The fourth-order valence-corrected chi connectivity index (χ4v) is 1.47. The SMILES string of the molecule is Nc1cc(CNCCCC(F)(F)F)ccc1Cl. The van der Waals surface area contributed by atoms with Crippen LogP contribution in [-0.4, -0.2) is 12.7 Å². The molecule has 0 aliphatic rings. The molecule has 0 heterocycles. The predicted octanol–water partition coefficient (Wildman–Crippen LogP) is 3.35. The van der Waals surface area contributed by atoms with Crippen LogP contribution >= 0.6 is 11.6 Å². The Labute approximate surface area is 103 Å². The second-order valence-electron chi connectivity index (χ2n) is 3.75. The van der Waals surface area contributed by atoms with Crippen molar-refractivity contribution in [3.63, 3.8) is 0 Å². The van der Waals surface area contributed by atoms with Gasteiger partial charge in [0, 0.05) is 13.0 Å². The first-order chi connectivity index (χ1) is 7.88. The molecular formula is C11H14ClF3N2. The number of benzene rings is 1. The van der Waals surface area contributed by atoms with Crippen molar-refractivity contribution < 1.29 is 13.2 Å². The third kappa shape index (κ3) is 5.79. The van der Waals surface area contributed by atoms with Crippen LogP contribution < -0.4 is 11.1 Å². The second-order valence-corrected chi connectivity index (χ2v) is 4.16. The quantitative estimate of drug-likeness (QED) is 0.634. The summed E-state index contributed by atoms with van der Waals surface area (Å²) in [6.45, 7) is 0.807. The number of rotatable bonds is 5. The second kappa shape index (κ2) is 6.12. The van der Waals surface area contributed by atoms with E-state index in [-0.39, 0.29) is 6.42 Å². The molecule has 1 aromatic rings.